The monoisotopic (exact) mass is 311 g/mol. The molecule has 1 fully saturated rings. The van der Waals surface area contributed by atoms with E-state index in [1.54, 1.807) is 0 Å². The summed E-state index contributed by atoms with van der Waals surface area (Å²) in [6, 6.07) is 22.2. The van der Waals surface area contributed by atoms with Gasteiger partial charge < -0.3 is 0 Å². The van der Waals surface area contributed by atoms with Crippen molar-refractivity contribution in [2.75, 3.05) is 6.54 Å². The van der Waals surface area contributed by atoms with Gasteiger partial charge in [-0.05, 0) is 45.0 Å². The molecule has 0 amide bonds. The Morgan fingerprint density at radius 3 is 1.82 bits per heavy atom. The zero-order valence-corrected chi connectivity index (χ0v) is 14.3. The fourth-order valence-electron chi connectivity index (χ4n) is 3.42. The van der Waals surface area contributed by atoms with Crippen molar-refractivity contribution in [2.45, 2.75) is 43.9 Å². The van der Waals surface area contributed by atoms with Crippen molar-refractivity contribution in [3.63, 3.8) is 0 Å². The van der Waals surface area contributed by atoms with Gasteiger partial charge in [0.05, 0.1) is 0 Å². The molecule has 0 spiro atoms. The number of nitrogens with one attached hydrogen (secondary N) is 1. The minimum Gasteiger partial charge on any atom is -0.295 e. The molecule has 0 aliphatic carbocycles. The highest BCUT2D eigenvalue weighted by Gasteiger charge is 2.37. The lowest BCUT2D eigenvalue weighted by molar-refractivity contribution is 0.764. The van der Waals surface area contributed by atoms with E-state index in [1.165, 1.54) is 36.8 Å². The van der Waals surface area contributed by atoms with Crippen molar-refractivity contribution < 1.29 is 0 Å². The highest BCUT2D eigenvalue weighted by Crippen LogP contribution is 2.67. The normalized spacial score (nSPS) is 24.5. The molecule has 1 aliphatic heterocycles. The van der Waals surface area contributed by atoms with Crippen molar-refractivity contribution in [1.82, 2.24) is 5.09 Å². The third-order valence-corrected chi connectivity index (χ3v) is 7.62. The fourth-order valence-corrected chi connectivity index (χ4v) is 6.55. The molecule has 1 heterocycles. The first-order valence-electron chi connectivity index (χ1n) is 8.52. The Kier molecular flexibility index (Phi) is 5.64. The van der Waals surface area contributed by atoms with Crippen LogP contribution in [0.3, 0.4) is 0 Å². The fraction of sp³-hybridized carbons (Fsp3) is 0.400. The molecule has 2 aromatic carbocycles. The molecule has 2 unspecified atom stereocenters. The van der Waals surface area contributed by atoms with Gasteiger partial charge in [0.15, 0.2) is 0 Å². The Morgan fingerprint density at radius 2 is 1.36 bits per heavy atom. The highest BCUT2D eigenvalue weighted by molar-refractivity contribution is 7.56. The lowest BCUT2D eigenvalue weighted by atomic mass is 10.0. The lowest BCUT2D eigenvalue weighted by Gasteiger charge is -2.27. The topological polar surface area (TPSA) is 12.0 Å². The third-order valence-electron chi connectivity index (χ3n) is 4.58. The summed E-state index contributed by atoms with van der Waals surface area (Å²) in [7, 11) is -0.186. The van der Waals surface area contributed by atoms with E-state index in [4.69, 9.17) is 0 Å². The van der Waals surface area contributed by atoms with Gasteiger partial charge in [-0.15, -0.1) is 0 Å². The highest BCUT2D eigenvalue weighted by atomic mass is 31.1. The zero-order chi connectivity index (χ0) is 15.2. The summed E-state index contributed by atoms with van der Waals surface area (Å²) in [5, 5.41) is 3.94. The summed E-state index contributed by atoms with van der Waals surface area (Å²) < 4.78 is 0. The van der Waals surface area contributed by atoms with Crippen molar-refractivity contribution in [1.29, 1.82) is 0 Å². The van der Waals surface area contributed by atoms with Gasteiger partial charge in [-0.25, -0.2) is 0 Å². The summed E-state index contributed by atoms with van der Waals surface area (Å²) in [4.78, 5) is 0. The number of rotatable bonds is 6. The molecule has 1 N–H and O–H groups in total. The Balaban J connectivity index is 1.81. The Labute approximate surface area is 136 Å². The van der Waals surface area contributed by atoms with E-state index in [-0.39, 0.29) is 8.07 Å². The molecule has 0 saturated carbocycles. The lowest BCUT2D eigenvalue weighted by Crippen LogP contribution is -2.13. The van der Waals surface area contributed by atoms with Crippen molar-refractivity contribution in [3.8, 4) is 0 Å². The number of benzene rings is 2. The minimum absolute atomic E-state index is 0.186. The Bertz CT molecular complexity index is 507. The van der Waals surface area contributed by atoms with Crippen LogP contribution in [0.1, 0.15) is 55.1 Å². The first-order chi connectivity index (χ1) is 10.9. The maximum Gasteiger partial charge on any atom is 0.0178 e. The Hall–Kier alpha value is -1.17. The SMILES string of the molecule is CCCCNP1C(c2ccccc2)CCC1c1ccccc1. The maximum atomic E-state index is 3.94. The molecular weight excluding hydrogens is 285 g/mol. The van der Waals surface area contributed by atoms with Crippen LogP contribution in [-0.4, -0.2) is 6.54 Å². The summed E-state index contributed by atoms with van der Waals surface area (Å²) in [6.07, 6.45) is 5.17. The van der Waals surface area contributed by atoms with Gasteiger partial charge in [0.1, 0.15) is 0 Å². The molecule has 0 bridgehead atoms. The second-order valence-electron chi connectivity index (χ2n) is 6.10. The van der Waals surface area contributed by atoms with E-state index in [0.717, 1.165) is 6.54 Å². The maximum absolute atomic E-state index is 3.94. The number of hydrogen-bond acceptors (Lipinski definition) is 1. The smallest absolute Gasteiger partial charge is 0.0178 e. The van der Waals surface area contributed by atoms with Gasteiger partial charge in [0.25, 0.3) is 0 Å². The van der Waals surface area contributed by atoms with Crippen LogP contribution in [-0.2, 0) is 0 Å². The average molecular weight is 311 g/mol. The zero-order valence-electron chi connectivity index (χ0n) is 13.4. The molecular formula is C20H26NP. The first-order valence-corrected chi connectivity index (χ1v) is 10.00. The van der Waals surface area contributed by atoms with Crippen molar-refractivity contribution in [3.05, 3.63) is 71.8 Å². The van der Waals surface area contributed by atoms with E-state index in [1.807, 2.05) is 0 Å². The third kappa shape index (κ3) is 3.59. The van der Waals surface area contributed by atoms with E-state index in [9.17, 15) is 0 Å². The van der Waals surface area contributed by atoms with Gasteiger partial charge in [-0.1, -0.05) is 74.0 Å². The predicted molar refractivity (Wildman–Crippen MR) is 97.4 cm³/mol. The Morgan fingerprint density at radius 1 is 0.864 bits per heavy atom. The van der Waals surface area contributed by atoms with Gasteiger partial charge in [0.2, 0.25) is 0 Å². The van der Waals surface area contributed by atoms with E-state index >= 15 is 0 Å². The molecule has 0 radical (unpaired) electrons. The van der Waals surface area contributed by atoms with Crippen LogP contribution in [0.15, 0.2) is 60.7 Å². The molecule has 3 rings (SSSR count). The van der Waals surface area contributed by atoms with Crippen molar-refractivity contribution >= 4 is 8.07 Å². The summed E-state index contributed by atoms with van der Waals surface area (Å²) >= 11 is 0. The molecule has 116 valence electrons. The molecule has 1 saturated heterocycles. The van der Waals surface area contributed by atoms with Crippen LogP contribution in [0.2, 0.25) is 0 Å². The van der Waals surface area contributed by atoms with Gasteiger partial charge in [-0.2, -0.15) is 0 Å². The van der Waals surface area contributed by atoms with Gasteiger partial charge >= 0.3 is 0 Å². The summed E-state index contributed by atoms with van der Waals surface area (Å²) in [6.45, 7) is 3.43. The quantitative estimate of drug-likeness (QED) is 0.506. The standard InChI is InChI=1S/C20H26NP/c1-2-3-16-21-22-19(17-10-6-4-7-11-17)14-15-20(22)18-12-8-5-9-13-18/h4-13,19-21H,2-3,14-16H2,1H3. The summed E-state index contributed by atoms with van der Waals surface area (Å²) in [5.74, 6) is 0. The number of unbranched alkanes of at least 4 members (excludes halogenated alkanes) is 1. The molecule has 1 nitrogen and oxygen atoms in total. The predicted octanol–water partition coefficient (Wildman–Crippen LogP) is 6.05. The van der Waals surface area contributed by atoms with Crippen LogP contribution < -0.4 is 5.09 Å². The molecule has 2 heteroatoms. The van der Waals surface area contributed by atoms with Crippen LogP contribution >= 0.6 is 8.07 Å². The molecule has 1 aliphatic rings. The van der Waals surface area contributed by atoms with Gasteiger partial charge in [0, 0.05) is 11.3 Å². The van der Waals surface area contributed by atoms with Crippen LogP contribution in [0, 0.1) is 0 Å². The van der Waals surface area contributed by atoms with Crippen molar-refractivity contribution in [2.24, 2.45) is 0 Å². The van der Waals surface area contributed by atoms with E-state index in [2.05, 4.69) is 72.7 Å². The minimum atomic E-state index is -0.186. The van der Waals surface area contributed by atoms with E-state index < -0.39 is 0 Å². The second kappa shape index (κ2) is 7.90. The largest absolute Gasteiger partial charge is 0.295 e. The van der Waals surface area contributed by atoms with Crippen LogP contribution in [0.25, 0.3) is 0 Å². The van der Waals surface area contributed by atoms with E-state index in [0.29, 0.717) is 11.3 Å². The average Bonchev–Trinajstić information content (AvgIpc) is 3.01. The molecule has 2 atom stereocenters. The van der Waals surface area contributed by atoms with Crippen LogP contribution in [0.5, 0.6) is 0 Å². The molecule has 2 aromatic rings. The van der Waals surface area contributed by atoms with Gasteiger partial charge in [-0.3, -0.25) is 5.09 Å². The summed E-state index contributed by atoms with van der Waals surface area (Å²) in [5.41, 5.74) is 4.46. The molecule has 22 heavy (non-hydrogen) atoms. The second-order valence-corrected chi connectivity index (χ2v) is 8.48. The van der Waals surface area contributed by atoms with Crippen LogP contribution in [0.4, 0.5) is 0 Å². The first kappa shape index (κ1) is 15.7. The molecule has 0 aromatic heterocycles. The number of hydrogen-bond donors (Lipinski definition) is 1.